The fraction of sp³-hybridized carbons (Fsp3) is 0.167. The Hall–Kier alpha value is -2.08. The molecule has 0 bridgehead atoms. The second kappa shape index (κ2) is 4.89. The van der Waals surface area contributed by atoms with Gasteiger partial charge < -0.3 is 15.2 Å². The summed E-state index contributed by atoms with van der Waals surface area (Å²) in [5.41, 5.74) is 5.37. The van der Waals surface area contributed by atoms with Crippen LogP contribution in [0.3, 0.4) is 0 Å². The molecule has 0 saturated heterocycles. The van der Waals surface area contributed by atoms with E-state index < -0.39 is 29.4 Å². The summed E-state index contributed by atoms with van der Waals surface area (Å²) >= 11 is 5.74. The zero-order valence-corrected chi connectivity index (χ0v) is 10.5. The lowest BCUT2D eigenvalue weighted by Gasteiger charge is -2.11. The summed E-state index contributed by atoms with van der Waals surface area (Å²) in [7, 11) is 0. The lowest BCUT2D eigenvalue weighted by atomic mass is 10.1. The number of Topliss-reactive ketones (excluding diaryl/α,β-unsaturated/α-hetero) is 1. The summed E-state index contributed by atoms with van der Waals surface area (Å²) in [5, 5.41) is 0.243. The molecule has 19 heavy (non-hydrogen) atoms. The van der Waals surface area contributed by atoms with E-state index in [2.05, 4.69) is 4.74 Å². The molecule has 0 saturated carbocycles. The van der Waals surface area contributed by atoms with Gasteiger partial charge in [0.1, 0.15) is 5.82 Å². The molecule has 1 unspecified atom stereocenters. The average Bonchev–Trinajstić information content (AvgIpc) is 2.60. The van der Waals surface area contributed by atoms with Gasteiger partial charge in [-0.15, -0.1) is 0 Å². The van der Waals surface area contributed by atoms with E-state index in [0.717, 1.165) is 13.0 Å². The van der Waals surface area contributed by atoms with Gasteiger partial charge in [0.15, 0.2) is 6.10 Å². The van der Waals surface area contributed by atoms with Crippen LogP contribution in [-0.2, 0) is 19.1 Å². The number of esters is 1. The highest BCUT2D eigenvalue weighted by atomic mass is 35.5. The number of benzene rings is 1. The summed E-state index contributed by atoms with van der Waals surface area (Å²) in [6.45, 7) is 1.11. The Kier molecular flexibility index (Phi) is 3.44. The molecule has 7 heteroatoms. The average molecular weight is 286 g/mol. The van der Waals surface area contributed by atoms with Crippen molar-refractivity contribution in [3.63, 3.8) is 0 Å². The lowest BCUT2D eigenvalue weighted by molar-refractivity contribution is -0.140. The fourth-order valence-electron chi connectivity index (χ4n) is 1.64. The quantitative estimate of drug-likeness (QED) is 0.839. The van der Waals surface area contributed by atoms with Crippen molar-refractivity contribution in [2.45, 2.75) is 13.0 Å². The first-order chi connectivity index (χ1) is 8.90. The third-order valence-electron chi connectivity index (χ3n) is 2.42. The first-order valence-corrected chi connectivity index (χ1v) is 5.62. The van der Waals surface area contributed by atoms with Gasteiger partial charge in [-0.1, -0.05) is 11.6 Å². The Bertz CT molecular complexity index is 599. The minimum Gasteiger partial charge on any atom is -0.460 e. The third kappa shape index (κ3) is 2.53. The Morgan fingerprint density at radius 1 is 1.53 bits per heavy atom. The number of carbonyl (C=O) groups is 2. The van der Waals surface area contributed by atoms with Crippen molar-refractivity contribution < 1.29 is 23.5 Å². The molecule has 2 N–H and O–H groups in total. The molecule has 0 amide bonds. The summed E-state index contributed by atoms with van der Waals surface area (Å²) in [4.78, 5) is 22.8. The lowest BCUT2D eigenvalue weighted by Crippen LogP contribution is -2.14. The monoisotopic (exact) mass is 285 g/mol. The van der Waals surface area contributed by atoms with Crippen molar-refractivity contribution in [3.05, 3.63) is 46.2 Å². The topological polar surface area (TPSA) is 78.6 Å². The largest absolute Gasteiger partial charge is 0.460 e. The van der Waals surface area contributed by atoms with Crippen LogP contribution in [0.25, 0.3) is 0 Å². The Labute approximate surface area is 112 Å². The zero-order valence-electron chi connectivity index (χ0n) is 9.78. The maximum Gasteiger partial charge on any atom is 0.308 e. The first-order valence-electron chi connectivity index (χ1n) is 5.24. The fourth-order valence-corrected chi connectivity index (χ4v) is 1.82. The van der Waals surface area contributed by atoms with Crippen LogP contribution in [-0.4, -0.2) is 11.8 Å². The number of halogens is 2. The van der Waals surface area contributed by atoms with Crippen LogP contribution in [0, 0.1) is 5.82 Å². The molecule has 1 aliphatic heterocycles. The van der Waals surface area contributed by atoms with Gasteiger partial charge in [0, 0.05) is 17.5 Å². The van der Waals surface area contributed by atoms with Crippen LogP contribution in [0.2, 0.25) is 5.02 Å². The van der Waals surface area contributed by atoms with Crippen molar-refractivity contribution in [2.24, 2.45) is 5.73 Å². The smallest absolute Gasteiger partial charge is 0.308 e. The van der Waals surface area contributed by atoms with E-state index in [-0.39, 0.29) is 16.5 Å². The van der Waals surface area contributed by atoms with Gasteiger partial charge in [-0.2, -0.15) is 0 Å². The van der Waals surface area contributed by atoms with E-state index in [1.54, 1.807) is 0 Å². The van der Waals surface area contributed by atoms with Crippen molar-refractivity contribution in [1.29, 1.82) is 0 Å². The number of ketones is 1. The minimum atomic E-state index is -1.30. The summed E-state index contributed by atoms with van der Waals surface area (Å²) < 4.78 is 23.3. The Morgan fingerprint density at radius 3 is 2.84 bits per heavy atom. The SMILES string of the molecule is CC(=O)OC1=C(N)OC(c2cc(Cl)ccc2F)C1=O. The van der Waals surface area contributed by atoms with Crippen molar-refractivity contribution >= 4 is 23.4 Å². The Morgan fingerprint density at radius 2 is 2.21 bits per heavy atom. The van der Waals surface area contributed by atoms with Crippen molar-refractivity contribution in [3.8, 4) is 0 Å². The maximum atomic E-state index is 13.7. The highest BCUT2D eigenvalue weighted by molar-refractivity contribution is 6.30. The second-order valence-electron chi connectivity index (χ2n) is 3.81. The molecular formula is C12H9ClFNO4. The predicted octanol–water partition coefficient (Wildman–Crippen LogP) is 1.81. The summed E-state index contributed by atoms with van der Waals surface area (Å²) in [6, 6.07) is 3.70. The van der Waals surface area contributed by atoms with Gasteiger partial charge in [0.25, 0.3) is 0 Å². The van der Waals surface area contributed by atoms with E-state index in [0.29, 0.717) is 0 Å². The summed E-state index contributed by atoms with van der Waals surface area (Å²) in [6.07, 6.45) is -1.30. The van der Waals surface area contributed by atoms with Crippen molar-refractivity contribution in [2.75, 3.05) is 0 Å². The molecular weight excluding hydrogens is 277 g/mol. The second-order valence-corrected chi connectivity index (χ2v) is 4.25. The number of nitrogens with two attached hydrogens (primary N) is 1. The molecule has 1 atom stereocenters. The van der Waals surface area contributed by atoms with Crippen LogP contribution in [0.4, 0.5) is 4.39 Å². The highest BCUT2D eigenvalue weighted by Gasteiger charge is 2.39. The van der Waals surface area contributed by atoms with Gasteiger partial charge in [0.2, 0.25) is 17.4 Å². The first kappa shape index (κ1) is 13.4. The number of hydrogen-bond acceptors (Lipinski definition) is 5. The molecule has 0 aliphatic carbocycles. The van der Waals surface area contributed by atoms with E-state index in [9.17, 15) is 14.0 Å². The van der Waals surface area contributed by atoms with Gasteiger partial charge >= 0.3 is 5.97 Å². The molecule has 0 fully saturated rings. The Balaban J connectivity index is 2.33. The molecule has 1 aliphatic rings. The molecule has 0 aromatic heterocycles. The van der Waals surface area contributed by atoms with Crippen LogP contribution in [0.5, 0.6) is 0 Å². The van der Waals surface area contributed by atoms with Gasteiger partial charge in [0.05, 0.1) is 0 Å². The van der Waals surface area contributed by atoms with Crippen LogP contribution < -0.4 is 5.73 Å². The molecule has 1 heterocycles. The number of hydrogen-bond donors (Lipinski definition) is 1. The maximum absolute atomic E-state index is 13.7. The van der Waals surface area contributed by atoms with E-state index in [4.69, 9.17) is 22.1 Å². The molecule has 5 nitrogen and oxygen atoms in total. The zero-order chi connectivity index (χ0) is 14.2. The molecule has 1 aromatic rings. The van der Waals surface area contributed by atoms with E-state index >= 15 is 0 Å². The van der Waals surface area contributed by atoms with Gasteiger partial charge in [-0.25, -0.2) is 4.39 Å². The standard InChI is InChI=1S/C12H9ClFNO4/c1-5(16)18-11-9(17)10(19-12(11)15)7-4-6(13)2-3-8(7)14/h2-4,10H,15H2,1H3. The number of carbonyl (C=O) groups excluding carboxylic acids is 2. The highest BCUT2D eigenvalue weighted by Crippen LogP contribution is 2.34. The predicted molar refractivity (Wildman–Crippen MR) is 63.2 cm³/mol. The molecule has 0 spiro atoms. The molecule has 1 aromatic carbocycles. The number of rotatable bonds is 2. The van der Waals surface area contributed by atoms with E-state index in [1.165, 1.54) is 12.1 Å². The van der Waals surface area contributed by atoms with Crippen LogP contribution in [0.1, 0.15) is 18.6 Å². The van der Waals surface area contributed by atoms with Crippen LogP contribution >= 0.6 is 11.6 Å². The minimum absolute atomic E-state index is 0.0670. The third-order valence-corrected chi connectivity index (χ3v) is 2.65. The van der Waals surface area contributed by atoms with E-state index in [1.807, 2.05) is 0 Å². The van der Waals surface area contributed by atoms with Crippen molar-refractivity contribution in [1.82, 2.24) is 0 Å². The van der Waals surface area contributed by atoms with Gasteiger partial charge in [-0.3, -0.25) is 9.59 Å². The normalized spacial score (nSPS) is 18.5. The molecule has 2 rings (SSSR count). The van der Waals surface area contributed by atoms with Gasteiger partial charge in [-0.05, 0) is 18.2 Å². The molecule has 100 valence electrons. The summed E-state index contributed by atoms with van der Waals surface area (Å²) in [5.74, 6) is -2.89. The molecule has 0 radical (unpaired) electrons. The van der Waals surface area contributed by atoms with Crippen LogP contribution in [0.15, 0.2) is 29.8 Å². The number of ether oxygens (including phenoxy) is 2.